The van der Waals surface area contributed by atoms with Crippen LogP contribution in [-0.2, 0) is 0 Å². The Bertz CT molecular complexity index is 3300. The molecule has 10 aromatic rings. The molecule has 0 amide bonds. The van der Waals surface area contributed by atoms with Gasteiger partial charge >= 0.3 is 0 Å². The van der Waals surface area contributed by atoms with E-state index in [4.69, 9.17) is 9.41 Å². The van der Waals surface area contributed by atoms with Crippen LogP contribution in [0.4, 0.5) is 0 Å². The number of benzene rings is 7. The zero-order valence-corrected chi connectivity index (χ0v) is 31.7. The van der Waals surface area contributed by atoms with Crippen LogP contribution < -0.4 is 21.3 Å². The minimum Gasteiger partial charge on any atom is -0.456 e. The minimum absolute atomic E-state index is 0.0363. The number of hydrogen-bond acceptors (Lipinski definition) is 5. The Morgan fingerprint density at radius 2 is 1.35 bits per heavy atom. The molecule has 5 nitrogen and oxygen atoms in total. The topological polar surface area (TPSA) is 54.5 Å². The molecule has 2 aliphatic rings. The number of thiophene rings is 1. The second kappa shape index (κ2) is 12.9. The molecule has 2 N–H and O–H groups in total. The number of aromatic nitrogens is 1. The Hall–Kier alpha value is -6.73. The highest BCUT2D eigenvalue weighted by atomic mass is 32.1. The standard InChI is InChI=1S/C51H36N4OS/c1-3-12-31(13-4-1)49-52-50(32-14-5-2-6-15-32)54-51(53-49)34-23-25-39-41-19-11-18-36(48(41)56-45(39)28-34)33-22-26-40-42-30-35(24-27-46(42)57-47(40)29-33)55-43-20-9-7-16-37(43)38-17-8-10-21-44(38)55/h1-22,24-30,34,49,51,53H,23H2,(H,52,54). The summed E-state index contributed by atoms with van der Waals surface area (Å²) in [7, 11) is 0. The molecule has 1 aliphatic carbocycles. The van der Waals surface area contributed by atoms with E-state index in [-0.39, 0.29) is 18.2 Å². The van der Waals surface area contributed by atoms with Crippen LogP contribution >= 0.6 is 11.3 Å². The second-order valence-corrected chi connectivity index (χ2v) is 16.2. The van der Waals surface area contributed by atoms with Gasteiger partial charge in [0.2, 0.25) is 0 Å². The summed E-state index contributed by atoms with van der Waals surface area (Å²) in [6, 6.07) is 58.7. The number of hydrogen-bond donors (Lipinski definition) is 2. The number of furan rings is 1. The molecule has 0 bridgehead atoms. The lowest BCUT2D eigenvalue weighted by Crippen LogP contribution is -2.55. The molecule has 0 radical (unpaired) electrons. The third-order valence-corrected chi connectivity index (χ3v) is 13.0. The Morgan fingerprint density at radius 3 is 2.16 bits per heavy atom. The van der Waals surface area contributed by atoms with Gasteiger partial charge in [-0.2, -0.15) is 0 Å². The normalized spacial score (nSPS) is 18.0. The number of nitrogens with zero attached hydrogens (tertiary/aromatic N) is 2. The Balaban J connectivity index is 0.912. The van der Waals surface area contributed by atoms with Crippen molar-refractivity contribution < 1.29 is 4.42 Å². The Labute approximate surface area is 332 Å². The molecule has 12 rings (SSSR count). The molecule has 0 saturated heterocycles. The fraction of sp³-hybridized carbons (Fsp3) is 0.0784. The highest BCUT2D eigenvalue weighted by molar-refractivity contribution is 7.25. The predicted octanol–water partition coefficient (Wildman–Crippen LogP) is 10.8. The van der Waals surface area contributed by atoms with E-state index in [1.54, 1.807) is 0 Å². The highest BCUT2D eigenvalue weighted by Crippen LogP contribution is 2.40. The summed E-state index contributed by atoms with van der Waals surface area (Å²) in [4.78, 5) is 5.11. The van der Waals surface area contributed by atoms with Gasteiger partial charge in [-0.05, 0) is 60.0 Å². The summed E-state index contributed by atoms with van der Waals surface area (Å²) in [5.74, 6) is 1.06. The van der Waals surface area contributed by atoms with Crippen molar-refractivity contribution in [3.05, 3.63) is 186 Å². The highest BCUT2D eigenvalue weighted by Gasteiger charge is 2.30. The maximum atomic E-state index is 6.85. The van der Waals surface area contributed by atoms with Crippen molar-refractivity contribution in [1.29, 1.82) is 0 Å². The Morgan fingerprint density at radius 1 is 0.614 bits per heavy atom. The van der Waals surface area contributed by atoms with Gasteiger partial charge in [0.05, 0.1) is 17.2 Å². The molecule has 3 aromatic heterocycles. The van der Waals surface area contributed by atoms with E-state index in [2.05, 4.69) is 185 Å². The zero-order valence-electron chi connectivity index (χ0n) is 30.9. The first-order chi connectivity index (χ1) is 28.2. The quantitative estimate of drug-likeness (QED) is 0.184. The molecular formula is C51H36N4OS. The van der Waals surface area contributed by atoms with Gasteiger partial charge in [0.15, 0.2) is 0 Å². The van der Waals surface area contributed by atoms with Crippen LogP contribution in [0.15, 0.2) is 173 Å². The molecule has 0 spiro atoms. The van der Waals surface area contributed by atoms with Crippen molar-refractivity contribution in [3.63, 3.8) is 0 Å². The van der Waals surface area contributed by atoms with E-state index in [1.807, 2.05) is 17.4 Å². The van der Waals surface area contributed by atoms with Gasteiger partial charge in [-0.15, -0.1) is 11.3 Å². The van der Waals surface area contributed by atoms with E-state index in [0.29, 0.717) is 0 Å². The van der Waals surface area contributed by atoms with Crippen LogP contribution in [0.25, 0.3) is 81.9 Å². The van der Waals surface area contributed by atoms with Crippen LogP contribution in [0.5, 0.6) is 0 Å². The number of para-hydroxylation sites is 3. The predicted molar refractivity (Wildman–Crippen MR) is 237 cm³/mol. The summed E-state index contributed by atoms with van der Waals surface area (Å²) >= 11 is 1.85. The molecule has 0 fully saturated rings. The van der Waals surface area contributed by atoms with E-state index in [1.165, 1.54) is 52.9 Å². The van der Waals surface area contributed by atoms with Crippen LogP contribution in [0.1, 0.15) is 23.7 Å². The van der Waals surface area contributed by atoms with Gasteiger partial charge in [-0.1, -0.05) is 133 Å². The lowest BCUT2D eigenvalue weighted by atomic mass is 9.94. The molecule has 6 heteroatoms. The molecule has 3 atom stereocenters. The first-order valence-corrected chi connectivity index (χ1v) is 20.4. The molecule has 272 valence electrons. The van der Waals surface area contributed by atoms with Gasteiger partial charge in [-0.3, -0.25) is 5.32 Å². The van der Waals surface area contributed by atoms with Crippen LogP contribution in [0.3, 0.4) is 0 Å². The van der Waals surface area contributed by atoms with Gasteiger partial charge in [0.25, 0.3) is 0 Å². The molecule has 7 aromatic carbocycles. The molecule has 1 aliphatic heterocycles. The average molecular weight is 753 g/mol. The van der Waals surface area contributed by atoms with Crippen molar-refractivity contribution >= 4 is 82.3 Å². The number of rotatable bonds is 5. The molecular weight excluding hydrogens is 717 g/mol. The van der Waals surface area contributed by atoms with Crippen molar-refractivity contribution in [2.45, 2.75) is 18.8 Å². The van der Waals surface area contributed by atoms with E-state index in [9.17, 15) is 0 Å². The van der Waals surface area contributed by atoms with E-state index in [0.717, 1.165) is 50.9 Å². The lowest BCUT2D eigenvalue weighted by Gasteiger charge is -2.35. The molecule has 57 heavy (non-hydrogen) atoms. The van der Waals surface area contributed by atoms with Gasteiger partial charge in [-0.25, -0.2) is 4.99 Å². The largest absolute Gasteiger partial charge is 0.456 e. The zero-order chi connectivity index (χ0) is 37.5. The van der Waals surface area contributed by atoms with E-state index >= 15 is 0 Å². The fourth-order valence-corrected chi connectivity index (χ4v) is 10.2. The van der Waals surface area contributed by atoms with E-state index < -0.39 is 0 Å². The van der Waals surface area contributed by atoms with Crippen molar-refractivity contribution in [2.75, 3.05) is 0 Å². The number of amidine groups is 1. The number of nitrogens with one attached hydrogen (secondary N) is 2. The SMILES string of the molecule is C1=c2oc3c(-c4ccc5c(c4)sc4ccc(-n6c7ccccc7c7ccccc76)cc45)cccc3c2=CCC1C1NC(c2ccccc2)=NC(c2ccccc2)N1. The van der Waals surface area contributed by atoms with Crippen LogP contribution in [0, 0.1) is 5.92 Å². The van der Waals surface area contributed by atoms with Crippen molar-refractivity contribution in [2.24, 2.45) is 10.9 Å². The van der Waals surface area contributed by atoms with Gasteiger partial charge in [0, 0.05) is 64.3 Å². The third kappa shape index (κ3) is 5.29. The summed E-state index contributed by atoms with van der Waals surface area (Å²) in [5, 5.41) is 15.0. The minimum atomic E-state index is -0.159. The summed E-state index contributed by atoms with van der Waals surface area (Å²) in [6.07, 6.45) is 5.35. The second-order valence-electron chi connectivity index (χ2n) is 15.1. The summed E-state index contributed by atoms with van der Waals surface area (Å²) in [5.41, 5.74) is 9.99. The molecule has 0 saturated carbocycles. The summed E-state index contributed by atoms with van der Waals surface area (Å²) < 4.78 is 11.8. The van der Waals surface area contributed by atoms with Crippen molar-refractivity contribution in [3.8, 4) is 16.8 Å². The maximum absolute atomic E-state index is 6.85. The Kier molecular flexibility index (Phi) is 7.37. The van der Waals surface area contributed by atoms with Crippen LogP contribution in [-0.4, -0.2) is 16.6 Å². The lowest BCUT2D eigenvalue weighted by molar-refractivity contribution is 0.340. The van der Waals surface area contributed by atoms with Gasteiger partial charge in [0.1, 0.15) is 23.0 Å². The van der Waals surface area contributed by atoms with Gasteiger partial charge < -0.3 is 14.3 Å². The third-order valence-electron chi connectivity index (χ3n) is 11.8. The number of fused-ring (bicyclic) bond motifs is 9. The molecule has 3 unspecified atom stereocenters. The van der Waals surface area contributed by atoms with Crippen LogP contribution in [0.2, 0.25) is 0 Å². The monoisotopic (exact) mass is 752 g/mol. The fourth-order valence-electron chi connectivity index (χ4n) is 9.09. The first-order valence-electron chi connectivity index (χ1n) is 19.6. The van der Waals surface area contributed by atoms with Crippen molar-refractivity contribution in [1.82, 2.24) is 15.2 Å². The first kappa shape index (κ1) is 32.5. The maximum Gasteiger partial charge on any atom is 0.143 e. The number of aliphatic imine (C=N–C) groups is 1. The smallest absolute Gasteiger partial charge is 0.143 e. The summed E-state index contributed by atoms with van der Waals surface area (Å²) in [6.45, 7) is 0. The molecule has 4 heterocycles. The average Bonchev–Trinajstić information content (AvgIpc) is 3.95.